The highest BCUT2D eigenvalue weighted by molar-refractivity contribution is 7.87. The first-order valence-electron chi connectivity index (χ1n) is 3.62. The van der Waals surface area contributed by atoms with Crippen molar-refractivity contribution in [1.82, 2.24) is 0 Å². The van der Waals surface area contributed by atoms with Gasteiger partial charge in [-0.25, -0.2) is 0 Å². The van der Waals surface area contributed by atoms with Crippen LogP contribution in [0.15, 0.2) is 24.3 Å². The van der Waals surface area contributed by atoms with Gasteiger partial charge in [-0.1, -0.05) is 7.77 Å². The molecule has 0 spiro atoms. The largest absolute Gasteiger partial charge is 0.488 e. The van der Waals surface area contributed by atoms with Crippen LogP contribution in [0.3, 0.4) is 0 Å². The van der Waals surface area contributed by atoms with Crippen LogP contribution in [0.1, 0.15) is 0 Å². The van der Waals surface area contributed by atoms with Crippen molar-refractivity contribution in [2.45, 2.75) is 0 Å². The van der Waals surface area contributed by atoms with E-state index in [1.807, 2.05) is 0 Å². The van der Waals surface area contributed by atoms with Crippen molar-refractivity contribution < 1.29 is 28.8 Å². The van der Waals surface area contributed by atoms with Gasteiger partial charge in [-0.05, 0) is 24.3 Å². The number of rotatable bonds is 4. The minimum absolute atomic E-state index is 0.161. The van der Waals surface area contributed by atoms with Gasteiger partial charge in [0, 0.05) is 0 Å². The average molecular weight is 273 g/mol. The van der Waals surface area contributed by atoms with E-state index in [1.54, 1.807) is 0 Å². The highest BCUT2D eigenvalue weighted by Crippen LogP contribution is 2.18. The Balaban J connectivity index is 2.84. The molecular weight excluding hydrogens is 268 g/mol. The Labute approximate surface area is 90.6 Å². The minimum atomic E-state index is -5.14. The van der Waals surface area contributed by atoms with Crippen molar-refractivity contribution in [2.24, 2.45) is 0 Å². The summed E-state index contributed by atoms with van der Waals surface area (Å²) in [4.78, 5) is 0. The molecule has 0 aliphatic carbocycles. The van der Waals surface area contributed by atoms with Crippen LogP contribution in [0.5, 0.6) is 5.75 Å². The van der Waals surface area contributed by atoms with E-state index in [-0.39, 0.29) is 11.4 Å². The first-order valence-corrected chi connectivity index (χ1v) is 6.31. The van der Waals surface area contributed by atoms with Crippen molar-refractivity contribution in [3.8, 4) is 5.75 Å². The monoisotopic (exact) mass is 273 g/mol. The first-order chi connectivity index (χ1) is 7.16. The van der Waals surface area contributed by atoms with Gasteiger partial charge in [0.25, 0.3) is 0 Å². The third-order valence-corrected chi connectivity index (χ3v) is 2.16. The summed E-state index contributed by atoms with van der Waals surface area (Å²) in [7, 11) is -10.0. The highest BCUT2D eigenvalue weighted by Gasteiger charge is 2.10. The van der Waals surface area contributed by atoms with Crippen LogP contribution >= 0.6 is 0 Å². The number of halogens is 2. The molecule has 0 saturated carbocycles. The zero-order valence-corrected chi connectivity index (χ0v) is 9.06. The molecule has 10 heteroatoms. The lowest BCUT2D eigenvalue weighted by molar-refractivity contribution is 0.440. The van der Waals surface area contributed by atoms with Gasteiger partial charge >= 0.3 is 20.9 Å². The third kappa shape index (κ3) is 4.89. The summed E-state index contributed by atoms with van der Waals surface area (Å²) in [6.45, 7) is 0. The summed E-state index contributed by atoms with van der Waals surface area (Å²) in [5.41, 5.74) is -0.161. The molecule has 0 fully saturated rings. The smallest absolute Gasteiger partial charge is 0.358 e. The van der Waals surface area contributed by atoms with Crippen LogP contribution in [-0.4, -0.2) is 16.8 Å². The molecule has 0 aliphatic rings. The zero-order chi connectivity index (χ0) is 12.4. The van der Waals surface area contributed by atoms with E-state index in [1.165, 1.54) is 4.72 Å². The Hall–Kier alpha value is -1.42. The van der Waals surface area contributed by atoms with Crippen LogP contribution in [0, 0.1) is 0 Å². The second-order valence-corrected chi connectivity index (χ2v) is 4.57. The van der Waals surface area contributed by atoms with Gasteiger partial charge in [0.15, 0.2) is 0 Å². The van der Waals surface area contributed by atoms with Gasteiger partial charge in [0.1, 0.15) is 5.75 Å². The Bertz CT molecular complexity index is 512. The molecular formula is C6H5F2NO5S2. The molecule has 1 rings (SSSR count). The van der Waals surface area contributed by atoms with Crippen LogP contribution < -0.4 is 8.91 Å². The van der Waals surface area contributed by atoms with Crippen molar-refractivity contribution in [2.75, 3.05) is 4.72 Å². The van der Waals surface area contributed by atoms with Gasteiger partial charge in [0.2, 0.25) is 0 Å². The van der Waals surface area contributed by atoms with Crippen molar-refractivity contribution in [3.05, 3.63) is 24.3 Å². The van der Waals surface area contributed by atoms with Crippen molar-refractivity contribution in [3.63, 3.8) is 0 Å². The lowest BCUT2D eigenvalue weighted by Crippen LogP contribution is -2.05. The summed E-state index contributed by atoms with van der Waals surface area (Å²) in [5.74, 6) is -0.371. The number of nitrogens with one attached hydrogen (secondary N) is 1. The maximum Gasteiger partial charge on any atom is 0.488 e. The SMILES string of the molecule is O=S(=O)(F)Nc1ccc(OS(=O)(=O)F)cc1. The van der Waals surface area contributed by atoms with Crippen LogP contribution in [-0.2, 0) is 20.9 Å². The van der Waals surface area contributed by atoms with E-state index >= 15 is 0 Å². The average Bonchev–Trinajstić information content (AvgIpc) is 2.03. The number of hydrogen-bond acceptors (Lipinski definition) is 5. The first kappa shape index (κ1) is 12.6. The van der Waals surface area contributed by atoms with E-state index in [4.69, 9.17) is 0 Å². The second kappa shape index (κ2) is 4.22. The van der Waals surface area contributed by atoms with E-state index in [0.717, 1.165) is 24.3 Å². The zero-order valence-electron chi connectivity index (χ0n) is 7.42. The summed E-state index contributed by atoms with van der Waals surface area (Å²) in [5, 5.41) is 0. The van der Waals surface area contributed by atoms with E-state index in [2.05, 4.69) is 4.18 Å². The summed E-state index contributed by atoms with van der Waals surface area (Å²) >= 11 is 0. The molecule has 0 radical (unpaired) electrons. The Morgan fingerprint density at radius 2 is 1.50 bits per heavy atom. The molecule has 0 atom stereocenters. The molecule has 0 bridgehead atoms. The Morgan fingerprint density at radius 1 is 1.00 bits per heavy atom. The quantitative estimate of drug-likeness (QED) is 0.823. The highest BCUT2D eigenvalue weighted by atomic mass is 32.3. The molecule has 1 N–H and O–H groups in total. The molecule has 16 heavy (non-hydrogen) atoms. The van der Waals surface area contributed by atoms with Crippen LogP contribution in [0.2, 0.25) is 0 Å². The van der Waals surface area contributed by atoms with Gasteiger partial charge in [-0.15, -0.1) is 0 Å². The normalized spacial score (nSPS) is 12.1. The standard InChI is InChI=1S/C6H5F2NO5S2/c7-15(10,11)9-5-1-3-6(4-2-5)14-16(8,12)13/h1-4,9H. The molecule has 0 unspecified atom stereocenters. The molecule has 0 heterocycles. The van der Waals surface area contributed by atoms with E-state index < -0.39 is 20.9 Å². The number of hydrogen-bond donors (Lipinski definition) is 1. The summed E-state index contributed by atoms with van der Waals surface area (Å²) in [6, 6.07) is 3.89. The Morgan fingerprint density at radius 3 is 1.88 bits per heavy atom. The molecule has 0 saturated heterocycles. The van der Waals surface area contributed by atoms with E-state index in [9.17, 15) is 24.6 Å². The molecule has 1 aromatic rings. The van der Waals surface area contributed by atoms with E-state index in [0.29, 0.717) is 0 Å². The second-order valence-electron chi connectivity index (χ2n) is 2.54. The topological polar surface area (TPSA) is 89.5 Å². The predicted molar refractivity (Wildman–Crippen MR) is 50.7 cm³/mol. The Kier molecular flexibility index (Phi) is 3.33. The molecule has 0 amide bonds. The molecule has 0 aromatic heterocycles. The molecule has 6 nitrogen and oxygen atoms in total. The number of benzene rings is 1. The van der Waals surface area contributed by atoms with Crippen LogP contribution in [0.4, 0.5) is 13.5 Å². The lowest BCUT2D eigenvalue weighted by Gasteiger charge is -2.02. The fraction of sp³-hybridized carbons (Fsp3) is 0. The molecule has 0 aliphatic heterocycles. The predicted octanol–water partition coefficient (Wildman–Crippen LogP) is 0.906. The van der Waals surface area contributed by atoms with Gasteiger partial charge in [-0.2, -0.15) is 16.8 Å². The third-order valence-electron chi connectivity index (χ3n) is 1.29. The van der Waals surface area contributed by atoms with Crippen molar-refractivity contribution >= 4 is 26.6 Å². The van der Waals surface area contributed by atoms with Gasteiger partial charge < -0.3 is 4.18 Å². The van der Waals surface area contributed by atoms with Crippen molar-refractivity contribution in [1.29, 1.82) is 0 Å². The number of anilines is 1. The lowest BCUT2D eigenvalue weighted by atomic mass is 10.3. The molecule has 90 valence electrons. The maximum atomic E-state index is 12.1. The minimum Gasteiger partial charge on any atom is -0.358 e. The maximum absolute atomic E-state index is 12.1. The van der Waals surface area contributed by atoms with Gasteiger partial charge in [-0.3, -0.25) is 4.72 Å². The van der Waals surface area contributed by atoms with Crippen LogP contribution in [0.25, 0.3) is 0 Å². The fourth-order valence-corrected chi connectivity index (χ4v) is 1.59. The van der Waals surface area contributed by atoms with Gasteiger partial charge in [0.05, 0.1) is 5.69 Å². The summed E-state index contributed by atoms with van der Waals surface area (Å²) in [6.07, 6.45) is 0. The summed E-state index contributed by atoms with van der Waals surface area (Å²) < 4.78 is 69.9. The fourth-order valence-electron chi connectivity index (χ4n) is 0.834. The molecule has 1 aromatic carbocycles.